The molecule has 1 fully saturated rings. The Kier molecular flexibility index (Phi) is 3.07. The van der Waals surface area contributed by atoms with E-state index in [1.165, 1.54) is 0 Å². The van der Waals surface area contributed by atoms with Crippen molar-refractivity contribution in [3.05, 3.63) is 47.6 Å². The van der Waals surface area contributed by atoms with Crippen LogP contribution in [0.5, 0.6) is 0 Å². The molecule has 0 saturated heterocycles. The van der Waals surface area contributed by atoms with Crippen molar-refractivity contribution in [2.45, 2.75) is 38.3 Å². The third-order valence-electron chi connectivity index (χ3n) is 4.09. The standard InChI is InChI=1S/C15H15F3N2O/c1-14(2)11(9-6-4-3-5-7-9)12(14)13-19-10(20-21-13)8-15(16,17)18/h3-7,11-12H,8H2,1-2H3/t11-,12+/m0/s1. The molecule has 1 aliphatic rings. The van der Waals surface area contributed by atoms with Crippen molar-refractivity contribution in [2.24, 2.45) is 5.41 Å². The summed E-state index contributed by atoms with van der Waals surface area (Å²) in [7, 11) is 0. The summed E-state index contributed by atoms with van der Waals surface area (Å²) in [5.41, 5.74) is 1.05. The van der Waals surface area contributed by atoms with Crippen LogP contribution in [0.2, 0.25) is 0 Å². The summed E-state index contributed by atoms with van der Waals surface area (Å²) in [6.07, 6.45) is -5.47. The predicted octanol–water partition coefficient (Wildman–Crippen LogP) is 4.08. The van der Waals surface area contributed by atoms with E-state index in [2.05, 4.69) is 24.0 Å². The minimum Gasteiger partial charge on any atom is -0.339 e. The van der Waals surface area contributed by atoms with Crippen molar-refractivity contribution in [3.63, 3.8) is 0 Å². The Labute approximate surface area is 120 Å². The van der Waals surface area contributed by atoms with E-state index in [1.807, 2.05) is 30.3 Å². The van der Waals surface area contributed by atoms with Gasteiger partial charge in [0.05, 0.1) is 5.92 Å². The van der Waals surface area contributed by atoms with Gasteiger partial charge in [-0.25, -0.2) is 0 Å². The Bertz CT molecular complexity index is 634. The van der Waals surface area contributed by atoms with E-state index in [0.29, 0.717) is 5.89 Å². The molecule has 0 unspecified atom stereocenters. The fourth-order valence-corrected chi connectivity index (χ4v) is 3.03. The summed E-state index contributed by atoms with van der Waals surface area (Å²) in [6, 6.07) is 9.86. The highest BCUT2D eigenvalue weighted by molar-refractivity contribution is 5.37. The van der Waals surface area contributed by atoms with Crippen molar-refractivity contribution in [3.8, 4) is 0 Å². The summed E-state index contributed by atoms with van der Waals surface area (Å²) >= 11 is 0. The average molecular weight is 296 g/mol. The zero-order chi connectivity index (χ0) is 15.3. The highest BCUT2D eigenvalue weighted by atomic mass is 19.4. The summed E-state index contributed by atoms with van der Waals surface area (Å²) in [5.74, 6) is 0.160. The molecule has 1 aliphatic carbocycles. The van der Waals surface area contributed by atoms with Crippen LogP contribution in [0.15, 0.2) is 34.9 Å². The van der Waals surface area contributed by atoms with Gasteiger partial charge in [0.2, 0.25) is 5.89 Å². The average Bonchev–Trinajstić information content (AvgIpc) is 2.73. The van der Waals surface area contributed by atoms with Gasteiger partial charge in [-0.2, -0.15) is 18.2 Å². The molecule has 0 radical (unpaired) electrons. The Morgan fingerprint density at radius 1 is 1.14 bits per heavy atom. The third-order valence-corrected chi connectivity index (χ3v) is 4.09. The summed E-state index contributed by atoms with van der Waals surface area (Å²) in [6.45, 7) is 4.12. The quantitative estimate of drug-likeness (QED) is 0.856. The Hall–Kier alpha value is -1.85. The number of hydrogen-bond acceptors (Lipinski definition) is 3. The zero-order valence-corrected chi connectivity index (χ0v) is 11.7. The van der Waals surface area contributed by atoms with Crippen molar-refractivity contribution in [1.82, 2.24) is 10.1 Å². The maximum atomic E-state index is 12.3. The van der Waals surface area contributed by atoms with Gasteiger partial charge in [0.15, 0.2) is 5.82 Å². The molecule has 2 atom stereocenters. The van der Waals surface area contributed by atoms with E-state index in [4.69, 9.17) is 4.52 Å². The van der Waals surface area contributed by atoms with Crippen LogP contribution in [-0.4, -0.2) is 16.3 Å². The SMILES string of the molecule is CC1(C)[C@@H](c2ccccc2)[C@@H]1c1nc(CC(F)(F)F)no1. The van der Waals surface area contributed by atoms with E-state index in [-0.39, 0.29) is 23.1 Å². The maximum Gasteiger partial charge on any atom is 0.396 e. The van der Waals surface area contributed by atoms with E-state index >= 15 is 0 Å². The van der Waals surface area contributed by atoms with Crippen LogP contribution in [0.1, 0.15) is 43.0 Å². The normalized spacial score (nSPS) is 24.0. The molecule has 112 valence electrons. The molecule has 3 nitrogen and oxygen atoms in total. The lowest BCUT2D eigenvalue weighted by molar-refractivity contribution is -0.128. The summed E-state index contributed by atoms with van der Waals surface area (Å²) in [4.78, 5) is 3.93. The number of nitrogens with zero attached hydrogens (tertiary/aromatic N) is 2. The van der Waals surface area contributed by atoms with Crippen LogP contribution in [0.25, 0.3) is 0 Å². The second kappa shape index (κ2) is 4.58. The number of aromatic nitrogens is 2. The second-order valence-corrected chi connectivity index (χ2v) is 6.03. The maximum absolute atomic E-state index is 12.3. The van der Waals surface area contributed by atoms with Gasteiger partial charge in [0.25, 0.3) is 0 Å². The van der Waals surface area contributed by atoms with Crippen LogP contribution in [0.4, 0.5) is 13.2 Å². The fourth-order valence-electron chi connectivity index (χ4n) is 3.03. The first-order valence-corrected chi connectivity index (χ1v) is 6.73. The predicted molar refractivity (Wildman–Crippen MR) is 69.8 cm³/mol. The lowest BCUT2D eigenvalue weighted by Gasteiger charge is -2.01. The molecule has 6 heteroatoms. The Morgan fingerprint density at radius 3 is 2.43 bits per heavy atom. The number of benzene rings is 1. The monoisotopic (exact) mass is 296 g/mol. The largest absolute Gasteiger partial charge is 0.396 e. The van der Waals surface area contributed by atoms with Crippen LogP contribution in [0, 0.1) is 5.41 Å². The minimum atomic E-state index is -4.32. The van der Waals surface area contributed by atoms with Crippen molar-refractivity contribution in [1.29, 1.82) is 0 Å². The lowest BCUT2D eigenvalue weighted by Crippen LogP contribution is -2.12. The highest BCUT2D eigenvalue weighted by Crippen LogP contribution is 2.69. The second-order valence-electron chi connectivity index (χ2n) is 6.03. The Morgan fingerprint density at radius 2 is 1.81 bits per heavy atom. The molecular weight excluding hydrogens is 281 g/mol. The molecule has 0 N–H and O–H groups in total. The first-order valence-electron chi connectivity index (χ1n) is 6.73. The number of rotatable bonds is 3. The van der Waals surface area contributed by atoms with Crippen molar-refractivity contribution < 1.29 is 17.7 Å². The van der Waals surface area contributed by atoms with Gasteiger partial charge in [-0.3, -0.25) is 0 Å². The van der Waals surface area contributed by atoms with E-state index in [0.717, 1.165) is 5.56 Å². The molecule has 1 aromatic heterocycles. The van der Waals surface area contributed by atoms with Gasteiger partial charge in [0.1, 0.15) is 6.42 Å². The smallest absolute Gasteiger partial charge is 0.339 e. The molecule has 1 aromatic carbocycles. The lowest BCUT2D eigenvalue weighted by atomic mass is 10.0. The summed E-state index contributed by atoms with van der Waals surface area (Å²) in [5, 5.41) is 3.45. The van der Waals surface area contributed by atoms with Gasteiger partial charge in [0, 0.05) is 5.92 Å². The molecule has 0 amide bonds. The molecule has 0 bridgehead atoms. The van der Waals surface area contributed by atoms with Crippen LogP contribution in [0.3, 0.4) is 0 Å². The molecule has 0 aliphatic heterocycles. The molecular formula is C15H15F3N2O. The van der Waals surface area contributed by atoms with Crippen LogP contribution in [-0.2, 0) is 6.42 Å². The van der Waals surface area contributed by atoms with E-state index in [9.17, 15) is 13.2 Å². The molecule has 0 spiro atoms. The van der Waals surface area contributed by atoms with Gasteiger partial charge >= 0.3 is 6.18 Å². The van der Waals surface area contributed by atoms with Gasteiger partial charge in [-0.05, 0) is 11.0 Å². The zero-order valence-electron chi connectivity index (χ0n) is 11.7. The van der Waals surface area contributed by atoms with Crippen LogP contribution < -0.4 is 0 Å². The minimum absolute atomic E-state index is 0.0330. The molecule has 2 aromatic rings. The highest BCUT2D eigenvalue weighted by Gasteiger charge is 2.61. The van der Waals surface area contributed by atoms with Gasteiger partial charge < -0.3 is 4.52 Å². The van der Waals surface area contributed by atoms with Gasteiger partial charge in [-0.1, -0.05) is 49.3 Å². The molecule has 1 heterocycles. The van der Waals surface area contributed by atoms with E-state index < -0.39 is 12.6 Å². The molecule has 1 saturated carbocycles. The van der Waals surface area contributed by atoms with Crippen molar-refractivity contribution in [2.75, 3.05) is 0 Å². The topological polar surface area (TPSA) is 38.9 Å². The molecule has 3 rings (SSSR count). The van der Waals surface area contributed by atoms with Gasteiger partial charge in [-0.15, -0.1) is 0 Å². The van der Waals surface area contributed by atoms with Crippen molar-refractivity contribution >= 4 is 0 Å². The number of hydrogen-bond donors (Lipinski definition) is 0. The molecule has 21 heavy (non-hydrogen) atoms. The summed E-state index contributed by atoms with van der Waals surface area (Å²) < 4.78 is 42.1. The first kappa shape index (κ1) is 14.1. The Balaban J connectivity index is 1.82. The first-order chi connectivity index (χ1) is 9.79. The fraction of sp³-hybridized carbons (Fsp3) is 0.467. The van der Waals surface area contributed by atoms with E-state index in [1.54, 1.807) is 0 Å². The number of alkyl halides is 3. The third kappa shape index (κ3) is 2.66. The van der Waals surface area contributed by atoms with Crippen LogP contribution >= 0.6 is 0 Å². The number of halogens is 3.